The summed E-state index contributed by atoms with van der Waals surface area (Å²) in [6.07, 6.45) is 1.65. The quantitative estimate of drug-likeness (QED) is 0.666. The Morgan fingerprint density at radius 1 is 1.53 bits per heavy atom. The monoisotopic (exact) mass is 210 g/mol. The number of benzene rings is 1. The zero-order valence-corrected chi connectivity index (χ0v) is 9.21. The predicted octanol–water partition coefficient (Wildman–Crippen LogP) is 2.96. The molecule has 2 nitrogen and oxygen atoms in total. The Kier molecular flexibility index (Phi) is 6.02. The summed E-state index contributed by atoms with van der Waals surface area (Å²) in [5, 5.41) is 0. The van der Waals surface area contributed by atoms with Crippen molar-refractivity contribution in [3.8, 4) is 0 Å². The lowest BCUT2D eigenvalue weighted by Crippen LogP contribution is -1.88. The average molecular weight is 210 g/mol. The number of esters is 1. The fourth-order valence-electron chi connectivity index (χ4n) is 0.845. The number of carbonyl (C=O) groups excluding carboxylic acids is 1. The highest BCUT2D eigenvalue weighted by Gasteiger charge is 1.97. The van der Waals surface area contributed by atoms with Gasteiger partial charge < -0.3 is 4.74 Å². The summed E-state index contributed by atoms with van der Waals surface area (Å²) in [6, 6.07) is 4.97. The Labute approximate surface area is 89.4 Å². The van der Waals surface area contributed by atoms with Crippen LogP contribution in [0.3, 0.4) is 0 Å². The number of rotatable bonds is 1. The van der Waals surface area contributed by atoms with Gasteiger partial charge in [-0.25, -0.2) is 4.39 Å². The van der Waals surface area contributed by atoms with Crippen LogP contribution >= 0.6 is 0 Å². The lowest BCUT2D eigenvalue weighted by atomic mass is 10.1. The topological polar surface area (TPSA) is 26.3 Å². The number of hydrogen-bond donors (Lipinski definition) is 0. The maximum absolute atomic E-state index is 12.7. The first-order chi connectivity index (χ1) is 7.02. The van der Waals surface area contributed by atoms with Gasteiger partial charge >= 0.3 is 5.97 Å². The molecule has 1 rings (SSSR count). The van der Waals surface area contributed by atoms with E-state index in [2.05, 4.69) is 11.3 Å². The van der Waals surface area contributed by atoms with Crippen molar-refractivity contribution in [2.45, 2.75) is 13.8 Å². The van der Waals surface area contributed by atoms with Crippen molar-refractivity contribution in [1.29, 1.82) is 0 Å². The summed E-state index contributed by atoms with van der Waals surface area (Å²) in [6.45, 7) is 6.67. The van der Waals surface area contributed by atoms with Crippen LogP contribution in [-0.2, 0) is 9.53 Å². The summed E-state index contributed by atoms with van der Waals surface area (Å²) in [5.74, 6) is -0.414. The van der Waals surface area contributed by atoms with Gasteiger partial charge in [0, 0.05) is 6.92 Å². The standard InChI is InChI=1S/C9H9F.C3H6O2/c1-3-8-5-4-6-9(10)7(8)2;1-3(4)5-2/h3-6H,1H2,2H3;1-2H3. The molecule has 0 saturated carbocycles. The molecule has 0 heterocycles. The van der Waals surface area contributed by atoms with Crippen LogP contribution in [0.2, 0.25) is 0 Å². The second-order valence-electron chi connectivity index (χ2n) is 2.85. The van der Waals surface area contributed by atoms with Crippen LogP contribution in [0.15, 0.2) is 24.8 Å². The smallest absolute Gasteiger partial charge is 0.302 e. The molecule has 0 aromatic heterocycles. The van der Waals surface area contributed by atoms with Crippen LogP contribution in [-0.4, -0.2) is 13.1 Å². The van der Waals surface area contributed by atoms with E-state index in [-0.39, 0.29) is 11.8 Å². The van der Waals surface area contributed by atoms with E-state index in [1.54, 1.807) is 19.1 Å². The Bertz CT molecular complexity index is 345. The molecule has 0 unspecified atom stereocenters. The molecule has 0 amide bonds. The lowest BCUT2D eigenvalue weighted by molar-refractivity contribution is -0.137. The third-order valence-corrected chi connectivity index (χ3v) is 1.82. The van der Waals surface area contributed by atoms with E-state index in [0.717, 1.165) is 5.56 Å². The number of hydrogen-bond acceptors (Lipinski definition) is 2. The van der Waals surface area contributed by atoms with Crippen LogP contribution in [0, 0.1) is 12.7 Å². The maximum Gasteiger partial charge on any atom is 0.302 e. The molecule has 0 saturated heterocycles. The van der Waals surface area contributed by atoms with Crippen LogP contribution in [0.25, 0.3) is 6.08 Å². The highest BCUT2D eigenvalue weighted by Crippen LogP contribution is 2.12. The van der Waals surface area contributed by atoms with E-state index >= 15 is 0 Å². The molecule has 0 aliphatic heterocycles. The van der Waals surface area contributed by atoms with Gasteiger partial charge in [-0.3, -0.25) is 4.79 Å². The largest absolute Gasteiger partial charge is 0.469 e. The van der Waals surface area contributed by atoms with E-state index in [0.29, 0.717) is 5.56 Å². The first-order valence-corrected chi connectivity index (χ1v) is 4.45. The molecule has 0 aliphatic rings. The van der Waals surface area contributed by atoms with Gasteiger partial charge in [-0.15, -0.1) is 0 Å². The minimum atomic E-state index is -0.245. The van der Waals surface area contributed by atoms with Crippen molar-refractivity contribution in [2.75, 3.05) is 7.11 Å². The molecule has 3 heteroatoms. The number of halogens is 1. The molecule has 0 spiro atoms. The summed E-state index contributed by atoms with van der Waals surface area (Å²) in [5.41, 5.74) is 1.53. The molecule has 0 atom stereocenters. The minimum Gasteiger partial charge on any atom is -0.469 e. The SMILES string of the molecule is C=Cc1cccc(F)c1C.COC(C)=O. The highest BCUT2D eigenvalue weighted by atomic mass is 19.1. The van der Waals surface area contributed by atoms with E-state index in [1.165, 1.54) is 20.1 Å². The average Bonchev–Trinajstić information content (AvgIpc) is 2.23. The van der Waals surface area contributed by atoms with Crippen LogP contribution < -0.4 is 0 Å². The molecule has 0 fully saturated rings. The van der Waals surface area contributed by atoms with E-state index in [9.17, 15) is 9.18 Å². The van der Waals surface area contributed by atoms with E-state index in [1.807, 2.05) is 6.07 Å². The van der Waals surface area contributed by atoms with Gasteiger partial charge in [-0.05, 0) is 24.1 Å². The Morgan fingerprint density at radius 2 is 2.07 bits per heavy atom. The van der Waals surface area contributed by atoms with Crippen LogP contribution in [0.4, 0.5) is 4.39 Å². The highest BCUT2D eigenvalue weighted by molar-refractivity contribution is 5.65. The van der Waals surface area contributed by atoms with Crippen molar-refractivity contribution in [3.63, 3.8) is 0 Å². The zero-order chi connectivity index (χ0) is 11.8. The zero-order valence-electron chi connectivity index (χ0n) is 9.21. The normalized spacial score (nSPS) is 8.53. The van der Waals surface area contributed by atoms with Gasteiger partial charge in [0.1, 0.15) is 5.82 Å². The first kappa shape index (κ1) is 13.4. The summed E-state index contributed by atoms with van der Waals surface area (Å²) in [7, 11) is 1.35. The summed E-state index contributed by atoms with van der Waals surface area (Å²) >= 11 is 0. The molecule has 82 valence electrons. The molecule has 0 N–H and O–H groups in total. The van der Waals surface area contributed by atoms with E-state index < -0.39 is 0 Å². The molecule has 0 bridgehead atoms. The van der Waals surface area contributed by atoms with Gasteiger partial charge in [0.2, 0.25) is 0 Å². The van der Waals surface area contributed by atoms with Gasteiger partial charge in [-0.2, -0.15) is 0 Å². The third kappa shape index (κ3) is 4.96. The predicted molar refractivity (Wildman–Crippen MR) is 58.9 cm³/mol. The Morgan fingerprint density at radius 3 is 2.40 bits per heavy atom. The summed E-state index contributed by atoms with van der Waals surface area (Å²) < 4.78 is 16.8. The van der Waals surface area contributed by atoms with Gasteiger partial charge in [-0.1, -0.05) is 24.8 Å². The molecule has 1 aromatic carbocycles. The van der Waals surface area contributed by atoms with Crippen LogP contribution in [0.1, 0.15) is 18.1 Å². The number of carbonyl (C=O) groups is 1. The summed E-state index contributed by atoms with van der Waals surface area (Å²) in [4.78, 5) is 9.59. The van der Waals surface area contributed by atoms with Crippen molar-refractivity contribution >= 4 is 12.0 Å². The van der Waals surface area contributed by atoms with Crippen molar-refractivity contribution in [2.24, 2.45) is 0 Å². The second kappa shape index (κ2) is 6.76. The fourth-order valence-corrected chi connectivity index (χ4v) is 0.845. The van der Waals surface area contributed by atoms with Crippen molar-refractivity contribution < 1.29 is 13.9 Å². The maximum atomic E-state index is 12.7. The van der Waals surface area contributed by atoms with Gasteiger partial charge in [0.05, 0.1) is 7.11 Å². The fraction of sp³-hybridized carbons (Fsp3) is 0.250. The van der Waals surface area contributed by atoms with Crippen molar-refractivity contribution in [3.05, 3.63) is 41.7 Å². The van der Waals surface area contributed by atoms with E-state index in [4.69, 9.17) is 0 Å². The first-order valence-electron chi connectivity index (χ1n) is 4.45. The minimum absolute atomic E-state index is 0.169. The third-order valence-electron chi connectivity index (χ3n) is 1.82. The molecule has 0 radical (unpaired) electrons. The molecular formula is C12H15FO2. The molecule has 0 aliphatic carbocycles. The number of ether oxygens (including phenoxy) is 1. The Hall–Kier alpha value is -1.64. The molecule has 1 aromatic rings. The molecule has 15 heavy (non-hydrogen) atoms. The second-order valence-corrected chi connectivity index (χ2v) is 2.85. The van der Waals surface area contributed by atoms with Crippen LogP contribution in [0.5, 0.6) is 0 Å². The van der Waals surface area contributed by atoms with Gasteiger partial charge in [0.25, 0.3) is 0 Å². The number of methoxy groups -OCH3 is 1. The Balaban J connectivity index is 0.000000336. The molecular weight excluding hydrogens is 195 g/mol. The van der Waals surface area contributed by atoms with Crippen molar-refractivity contribution in [1.82, 2.24) is 0 Å². The van der Waals surface area contributed by atoms with Gasteiger partial charge in [0.15, 0.2) is 0 Å². The lowest BCUT2D eigenvalue weighted by Gasteiger charge is -1.98.